The smallest absolute Gasteiger partial charge is 0.245 e. The standard InChI is InChI=1S/C13H16N4O2/c1-16-5-4-11(13(16)19)17-10-3-2-8(14)6-9(10)15-12(17)7-18/h2-3,6,11,18H,4-5,7,14H2,1H3. The number of aromatic nitrogens is 2. The van der Waals surface area contributed by atoms with Gasteiger partial charge in [-0.2, -0.15) is 0 Å². The average Bonchev–Trinajstić information content (AvgIpc) is 2.90. The van der Waals surface area contributed by atoms with Gasteiger partial charge >= 0.3 is 0 Å². The molecule has 1 atom stereocenters. The van der Waals surface area contributed by atoms with E-state index in [9.17, 15) is 9.90 Å². The molecule has 0 saturated carbocycles. The summed E-state index contributed by atoms with van der Waals surface area (Å²) in [4.78, 5) is 18.2. The highest BCUT2D eigenvalue weighted by Gasteiger charge is 2.33. The monoisotopic (exact) mass is 260 g/mol. The first-order valence-electron chi connectivity index (χ1n) is 6.24. The Labute approximate surface area is 110 Å². The molecular weight excluding hydrogens is 244 g/mol. The van der Waals surface area contributed by atoms with E-state index in [4.69, 9.17) is 5.73 Å². The normalized spacial score (nSPS) is 19.6. The molecule has 1 saturated heterocycles. The summed E-state index contributed by atoms with van der Waals surface area (Å²) in [5, 5.41) is 9.46. The van der Waals surface area contributed by atoms with Gasteiger partial charge in [-0.05, 0) is 24.6 Å². The second kappa shape index (κ2) is 4.24. The van der Waals surface area contributed by atoms with Crippen molar-refractivity contribution < 1.29 is 9.90 Å². The Bertz CT molecular complexity index is 649. The van der Waals surface area contributed by atoms with E-state index in [0.29, 0.717) is 17.0 Å². The number of likely N-dealkylation sites (tertiary alicyclic amines) is 1. The zero-order chi connectivity index (χ0) is 13.6. The third kappa shape index (κ3) is 1.76. The molecule has 3 N–H and O–H groups in total. The molecule has 100 valence electrons. The highest BCUT2D eigenvalue weighted by molar-refractivity contribution is 5.86. The van der Waals surface area contributed by atoms with Gasteiger partial charge < -0.3 is 20.3 Å². The Balaban J connectivity index is 2.19. The Morgan fingerprint density at radius 2 is 2.32 bits per heavy atom. The lowest BCUT2D eigenvalue weighted by Crippen LogP contribution is -2.25. The van der Waals surface area contributed by atoms with Crippen molar-refractivity contribution in [1.29, 1.82) is 0 Å². The van der Waals surface area contributed by atoms with Gasteiger partial charge in [-0.3, -0.25) is 4.79 Å². The maximum absolute atomic E-state index is 12.2. The van der Waals surface area contributed by atoms with E-state index in [2.05, 4.69) is 4.98 Å². The van der Waals surface area contributed by atoms with Crippen molar-refractivity contribution in [3.05, 3.63) is 24.0 Å². The molecule has 2 aromatic rings. The van der Waals surface area contributed by atoms with Crippen LogP contribution in [-0.4, -0.2) is 39.1 Å². The molecule has 1 aromatic carbocycles. The largest absolute Gasteiger partial charge is 0.399 e. The molecule has 19 heavy (non-hydrogen) atoms. The molecule has 1 aliphatic heterocycles. The summed E-state index contributed by atoms with van der Waals surface area (Å²) in [7, 11) is 1.79. The van der Waals surface area contributed by atoms with Crippen LogP contribution in [0.2, 0.25) is 0 Å². The zero-order valence-corrected chi connectivity index (χ0v) is 10.7. The van der Waals surface area contributed by atoms with Crippen LogP contribution in [-0.2, 0) is 11.4 Å². The molecule has 0 radical (unpaired) electrons. The van der Waals surface area contributed by atoms with Crippen LogP contribution in [0.3, 0.4) is 0 Å². The number of nitrogen functional groups attached to an aromatic ring is 1. The number of benzene rings is 1. The predicted octanol–water partition coefficient (Wildman–Crippen LogP) is 0.514. The molecule has 6 nitrogen and oxygen atoms in total. The van der Waals surface area contributed by atoms with E-state index in [1.807, 2.05) is 10.6 Å². The number of carbonyl (C=O) groups excluding carboxylic acids is 1. The maximum atomic E-state index is 12.2. The number of amides is 1. The fourth-order valence-corrected chi connectivity index (χ4v) is 2.67. The average molecular weight is 260 g/mol. The van der Waals surface area contributed by atoms with Gasteiger partial charge in [0, 0.05) is 19.3 Å². The third-order valence-corrected chi connectivity index (χ3v) is 3.64. The van der Waals surface area contributed by atoms with Gasteiger partial charge in [0.2, 0.25) is 5.91 Å². The van der Waals surface area contributed by atoms with Gasteiger partial charge in [0.15, 0.2) is 0 Å². The molecule has 1 amide bonds. The molecule has 3 rings (SSSR count). The number of nitrogens with zero attached hydrogens (tertiary/aromatic N) is 3. The first kappa shape index (κ1) is 12.0. The van der Waals surface area contributed by atoms with Crippen LogP contribution in [0.4, 0.5) is 5.69 Å². The lowest BCUT2D eigenvalue weighted by molar-refractivity contribution is -0.129. The fraction of sp³-hybridized carbons (Fsp3) is 0.385. The van der Waals surface area contributed by atoms with Gasteiger partial charge in [0.25, 0.3) is 0 Å². The number of imidazole rings is 1. The first-order valence-corrected chi connectivity index (χ1v) is 6.24. The summed E-state index contributed by atoms with van der Waals surface area (Å²) in [5.41, 5.74) is 7.92. The van der Waals surface area contributed by atoms with Crippen molar-refractivity contribution in [2.24, 2.45) is 0 Å². The van der Waals surface area contributed by atoms with E-state index in [1.165, 1.54) is 0 Å². The van der Waals surface area contributed by atoms with Gasteiger partial charge in [-0.1, -0.05) is 0 Å². The number of hydrogen-bond acceptors (Lipinski definition) is 4. The highest BCUT2D eigenvalue weighted by Crippen LogP contribution is 2.29. The number of carbonyl (C=O) groups is 1. The van der Waals surface area contributed by atoms with Crippen LogP contribution >= 0.6 is 0 Å². The van der Waals surface area contributed by atoms with Crippen molar-refractivity contribution in [3.8, 4) is 0 Å². The number of fused-ring (bicyclic) bond motifs is 1. The molecule has 6 heteroatoms. The van der Waals surface area contributed by atoms with Gasteiger partial charge in [0.1, 0.15) is 18.5 Å². The summed E-state index contributed by atoms with van der Waals surface area (Å²) in [5.74, 6) is 0.570. The Kier molecular flexibility index (Phi) is 2.67. The Morgan fingerprint density at radius 1 is 1.53 bits per heavy atom. The van der Waals surface area contributed by atoms with E-state index in [0.717, 1.165) is 18.5 Å². The van der Waals surface area contributed by atoms with Crippen LogP contribution < -0.4 is 5.73 Å². The molecule has 2 heterocycles. The highest BCUT2D eigenvalue weighted by atomic mass is 16.3. The molecule has 0 aliphatic carbocycles. The van der Waals surface area contributed by atoms with Crippen molar-refractivity contribution in [1.82, 2.24) is 14.5 Å². The van der Waals surface area contributed by atoms with Crippen molar-refractivity contribution in [3.63, 3.8) is 0 Å². The molecule has 1 fully saturated rings. The minimum atomic E-state index is -0.277. The zero-order valence-electron chi connectivity index (χ0n) is 10.7. The molecule has 1 unspecified atom stereocenters. The topological polar surface area (TPSA) is 84.4 Å². The quantitative estimate of drug-likeness (QED) is 0.771. The number of nitrogens with two attached hydrogens (primary N) is 1. The SMILES string of the molecule is CN1CCC(n2c(CO)nc3cc(N)ccc32)C1=O. The molecular formula is C13H16N4O2. The summed E-state index contributed by atoms with van der Waals surface area (Å²) in [6.45, 7) is 0.533. The third-order valence-electron chi connectivity index (χ3n) is 3.64. The van der Waals surface area contributed by atoms with Crippen LogP contribution in [0, 0.1) is 0 Å². The van der Waals surface area contributed by atoms with Crippen LogP contribution in [0.5, 0.6) is 0 Å². The Hall–Kier alpha value is -2.08. The van der Waals surface area contributed by atoms with E-state index >= 15 is 0 Å². The van der Waals surface area contributed by atoms with E-state index in [1.54, 1.807) is 24.1 Å². The summed E-state index contributed by atoms with van der Waals surface area (Å²) < 4.78 is 1.83. The number of likely N-dealkylation sites (N-methyl/N-ethyl adjacent to an activating group) is 1. The van der Waals surface area contributed by atoms with Crippen LogP contribution in [0.1, 0.15) is 18.3 Å². The number of anilines is 1. The predicted molar refractivity (Wildman–Crippen MR) is 71.4 cm³/mol. The second-order valence-electron chi connectivity index (χ2n) is 4.87. The van der Waals surface area contributed by atoms with Crippen LogP contribution in [0.15, 0.2) is 18.2 Å². The van der Waals surface area contributed by atoms with E-state index in [-0.39, 0.29) is 18.6 Å². The summed E-state index contributed by atoms with van der Waals surface area (Å²) in [6.07, 6.45) is 0.734. The maximum Gasteiger partial charge on any atom is 0.245 e. The minimum Gasteiger partial charge on any atom is -0.399 e. The fourth-order valence-electron chi connectivity index (χ4n) is 2.67. The van der Waals surface area contributed by atoms with Crippen molar-refractivity contribution >= 4 is 22.6 Å². The van der Waals surface area contributed by atoms with Crippen molar-refractivity contribution in [2.75, 3.05) is 19.3 Å². The second-order valence-corrected chi connectivity index (χ2v) is 4.87. The number of hydrogen-bond donors (Lipinski definition) is 2. The minimum absolute atomic E-state index is 0.0609. The van der Waals surface area contributed by atoms with Gasteiger partial charge in [-0.25, -0.2) is 4.98 Å². The molecule has 0 bridgehead atoms. The molecule has 1 aliphatic rings. The lowest BCUT2D eigenvalue weighted by atomic mass is 10.2. The van der Waals surface area contributed by atoms with E-state index < -0.39 is 0 Å². The van der Waals surface area contributed by atoms with Gasteiger partial charge in [0.05, 0.1) is 11.0 Å². The number of aliphatic hydroxyl groups is 1. The van der Waals surface area contributed by atoms with Gasteiger partial charge in [-0.15, -0.1) is 0 Å². The number of aliphatic hydroxyl groups excluding tert-OH is 1. The first-order chi connectivity index (χ1) is 9.11. The molecule has 1 aromatic heterocycles. The van der Waals surface area contributed by atoms with Crippen molar-refractivity contribution in [2.45, 2.75) is 19.1 Å². The summed E-state index contributed by atoms with van der Waals surface area (Å²) >= 11 is 0. The summed E-state index contributed by atoms with van der Waals surface area (Å²) in [6, 6.07) is 5.11. The molecule has 0 spiro atoms. The number of rotatable bonds is 2. The lowest BCUT2D eigenvalue weighted by Gasteiger charge is -2.15. The van der Waals surface area contributed by atoms with Crippen LogP contribution in [0.25, 0.3) is 11.0 Å². The Morgan fingerprint density at radius 3 is 2.95 bits per heavy atom.